The zero-order valence-corrected chi connectivity index (χ0v) is 12.9. The molecule has 5 nitrogen and oxygen atoms in total. The van der Waals surface area contributed by atoms with Gasteiger partial charge in [-0.2, -0.15) is 0 Å². The van der Waals surface area contributed by atoms with E-state index in [0.717, 1.165) is 20.2 Å². The minimum absolute atomic E-state index is 0.398. The molecular weight excluding hydrogens is 374 g/mol. The maximum atomic E-state index is 5.78. The maximum absolute atomic E-state index is 5.78. The molecule has 0 aliphatic heterocycles. The van der Waals surface area contributed by atoms with Crippen LogP contribution >= 0.6 is 31.9 Å². The van der Waals surface area contributed by atoms with Crippen molar-refractivity contribution in [2.24, 2.45) is 0 Å². The zero-order valence-electron chi connectivity index (χ0n) is 9.72. The number of benzene rings is 1. The van der Waals surface area contributed by atoms with Gasteiger partial charge in [0.25, 0.3) is 0 Å². The minimum Gasteiger partial charge on any atom is -0.382 e. The van der Waals surface area contributed by atoms with Crippen LogP contribution < -0.4 is 5.73 Å². The number of rotatable bonds is 2. The van der Waals surface area contributed by atoms with E-state index in [4.69, 9.17) is 5.73 Å². The average molecular weight is 383 g/mol. The largest absolute Gasteiger partial charge is 0.382 e. The smallest absolute Gasteiger partial charge is 0.165 e. The van der Waals surface area contributed by atoms with Gasteiger partial charge in [-0.05, 0) is 12.1 Å². The van der Waals surface area contributed by atoms with Crippen LogP contribution in [0.15, 0.2) is 39.8 Å². The molecule has 0 spiro atoms. The van der Waals surface area contributed by atoms with E-state index in [1.807, 2.05) is 22.8 Å². The van der Waals surface area contributed by atoms with Crippen molar-refractivity contribution in [1.82, 2.24) is 19.5 Å². The number of anilines is 1. The van der Waals surface area contributed by atoms with Crippen LogP contribution in [0.5, 0.6) is 0 Å². The number of aromatic nitrogens is 4. The molecule has 0 unspecified atom stereocenters. The molecule has 0 amide bonds. The van der Waals surface area contributed by atoms with Crippen LogP contribution in [-0.4, -0.2) is 19.5 Å². The molecule has 0 radical (unpaired) electrons. The van der Waals surface area contributed by atoms with E-state index in [0.29, 0.717) is 17.9 Å². The van der Waals surface area contributed by atoms with Gasteiger partial charge in [0.05, 0.1) is 12.9 Å². The monoisotopic (exact) mass is 381 g/mol. The van der Waals surface area contributed by atoms with Crippen LogP contribution in [0.2, 0.25) is 0 Å². The molecule has 0 saturated carbocycles. The van der Waals surface area contributed by atoms with Crippen LogP contribution in [-0.2, 0) is 6.54 Å². The molecule has 96 valence electrons. The summed E-state index contributed by atoms with van der Waals surface area (Å²) in [5, 5.41) is 0. The lowest BCUT2D eigenvalue weighted by Crippen LogP contribution is -2.02. The van der Waals surface area contributed by atoms with Crippen molar-refractivity contribution in [2.75, 3.05) is 5.73 Å². The highest BCUT2D eigenvalue weighted by Gasteiger charge is 2.11. The predicted molar refractivity (Wildman–Crippen MR) is 80.7 cm³/mol. The molecule has 0 aliphatic rings. The second-order valence-electron chi connectivity index (χ2n) is 4.00. The molecule has 0 aliphatic carbocycles. The van der Waals surface area contributed by atoms with E-state index in [2.05, 4.69) is 46.8 Å². The summed E-state index contributed by atoms with van der Waals surface area (Å²) in [6.07, 6.45) is 3.17. The number of hydrogen-bond donors (Lipinski definition) is 1. The third-order valence-corrected chi connectivity index (χ3v) is 4.31. The number of nitrogen functional groups attached to an aromatic ring is 1. The van der Waals surface area contributed by atoms with Gasteiger partial charge in [-0.15, -0.1) is 0 Å². The second-order valence-corrected chi connectivity index (χ2v) is 5.71. The molecule has 19 heavy (non-hydrogen) atoms. The van der Waals surface area contributed by atoms with Gasteiger partial charge in [0.15, 0.2) is 11.5 Å². The lowest BCUT2D eigenvalue weighted by molar-refractivity contribution is 0.806. The Hall–Kier alpha value is -1.47. The predicted octanol–water partition coefficient (Wildman–Crippen LogP) is 2.98. The first-order valence-electron chi connectivity index (χ1n) is 5.51. The normalized spacial score (nSPS) is 11.1. The molecule has 0 saturated heterocycles. The standard InChI is InChI=1S/C12H9Br2N5/c13-8-2-1-3-9(14)7(8)4-19-6-18-10-11(15)16-5-17-12(10)19/h1-3,5-6H,4H2,(H2,15,16,17). The summed E-state index contributed by atoms with van der Waals surface area (Å²) < 4.78 is 4.01. The molecule has 0 bridgehead atoms. The van der Waals surface area contributed by atoms with Gasteiger partial charge in [0.1, 0.15) is 11.8 Å². The van der Waals surface area contributed by atoms with Crippen molar-refractivity contribution < 1.29 is 0 Å². The topological polar surface area (TPSA) is 69.6 Å². The van der Waals surface area contributed by atoms with E-state index in [1.165, 1.54) is 6.33 Å². The molecule has 0 atom stereocenters. The molecule has 0 fully saturated rings. The van der Waals surface area contributed by atoms with Gasteiger partial charge in [0.2, 0.25) is 0 Å². The molecule has 1 aromatic carbocycles. The van der Waals surface area contributed by atoms with Crippen LogP contribution in [0.25, 0.3) is 11.2 Å². The van der Waals surface area contributed by atoms with Crippen molar-refractivity contribution in [3.63, 3.8) is 0 Å². The number of halogens is 2. The fourth-order valence-corrected chi connectivity index (χ4v) is 3.12. The Morgan fingerprint density at radius 3 is 2.58 bits per heavy atom. The van der Waals surface area contributed by atoms with Gasteiger partial charge in [0, 0.05) is 14.5 Å². The number of fused-ring (bicyclic) bond motifs is 1. The molecule has 2 N–H and O–H groups in total. The molecular formula is C12H9Br2N5. The molecule has 7 heteroatoms. The van der Waals surface area contributed by atoms with Crippen LogP contribution in [0.3, 0.4) is 0 Å². The van der Waals surface area contributed by atoms with Crippen LogP contribution in [0.1, 0.15) is 5.56 Å². The molecule has 3 aromatic rings. The Kier molecular flexibility index (Phi) is 3.24. The lowest BCUT2D eigenvalue weighted by Gasteiger charge is -2.08. The number of hydrogen-bond acceptors (Lipinski definition) is 4. The summed E-state index contributed by atoms with van der Waals surface area (Å²) in [7, 11) is 0. The highest BCUT2D eigenvalue weighted by molar-refractivity contribution is 9.11. The van der Waals surface area contributed by atoms with E-state index >= 15 is 0 Å². The van der Waals surface area contributed by atoms with Gasteiger partial charge in [-0.3, -0.25) is 0 Å². The molecule has 2 aromatic heterocycles. The Morgan fingerprint density at radius 1 is 1.11 bits per heavy atom. The van der Waals surface area contributed by atoms with Crippen molar-refractivity contribution >= 4 is 48.8 Å². The van der Waals surface area contributed by atoms with Crippen molar-refractivity contribution in [1.29, 1.82) is 0 Å². The summed E-state index contributed by atoms with van der Waals surface area (Å²) in [5.74, 6) is 0.398. The van der Waals surface area contributed by atoms with E-state index in [9.17, 15) is 0 Å². The van der Waals surface area contributed by atoms with Crippen molar-refractivity contribution in [3.8, 4) is 0 Å². The summed E-state index contributed by atoms with van der Waals surface area (Å²) in [6.45, 7) is 0.648. The summed E-state index contributed by atoms with van der Waals surface area (Å²) in [4.78, 5) is 12.4. The van der Waals surface area contributed by atoms with E-state index in [-0.39, 0.29) is 0 Å². The Morgan fingerprint density at radius 2 is 1.84 bits per heavy atom. The first-order chi connectivity index (χ1) is 9.16. The highest BCUT2D eigenvalue weighted by Crippen LogP contribution is 2.27. The first-order valence-corrected chi connectivity index (χ1v) is 7.09. The Labute approximate surface area is 126 Å². The number of imidazole rings is 1. The summed E-state index contributed by atoms with van der Waals surface area (Å²) >= 11 is 7.10. The second kappa shape index (κ2) is 4.90. The quantitative estimate of drug-likeness (QED) is 0.739. The minimum atomic E-state index is 0.398. The third kappa shape index (κ3) is 2.23. The zero-order chi connectivity index (χ0) is 13.4. The van der Waals surface area contributed by atoms with Gasteiger partial charge >= 0.3 is 0 Å². The fraction of sp³-hybridized carbons (Fsp3) is 0.0833. The Balaban J connectivity index is 2.09. The van der Waals surface area contributed by atoms with Crippen LogP contribution in [0.4, 0.5) is 5.82 Å². The van der Waals surface area contributed by atoms with E-state index < -0.39 is 0 Å². The Bertz CT molecular complexity index is 733. The first kappa shape index (κ1) is 12.6. The SMILES string of the molecule is Nc1ncnc2c1ncn2Cc1c(Br)cccc1Br. The number of nitrogens with zero attached hydrogens (tertiary/aromatic N) is 4. The van der Waals surface area contributed by atoms with Gasteiger partial charge < -0.3 is 10.3 Å². The number of nitrogens with two attached hydrogens (primary N) is 1. The molecule has 2 heterocycles. The van der Waals surface area contributed by atoms with Crippen LogP contribution in [0, 0.1) is 0 Å². The summed E-state index contributed by atoms with van der Waals surface area (Å²) in [6, 6.07) is 5.98. The van der Waals surface area contributed by atoms with Gasteiger partial charge in [-0.1, -0.05) is 37.9 Å². The summed E-state index contributed by atoms with van der Waals surface area (Å²) in [5.41, 5.74) is 8.26. The van der Waals surface area contributed by atoms with Crippen molar-refractivity contribution in [3.05, 3.63) is 45.4 Å². The third-order valence-electron chi connectivity index (χ3n) is 2.82. The fourth-order valence-electron chi connectivity index (χ4n) is 1.87. The van der Waals surface area contributed by atoms with Gasteiger partial charge in [-0.25, -0.2) is 15.0 Å². The highest BCUT2D eigenvalue weighted by atomic mass is 79.9. The average Bonchev–Trinajstić information content (AvgIpc) is 2.79. The lowest BCUT2D eigenvalue weighted by atomic mass is 10.2. The maximum Gasteiger partial charge on any atom is 0.165 e. The van der Waals surface area contributed by atoms with E-state index in [1.54, 1.807) is 6.33 Å². The molecule has 3 rings (SSSR count). The van der Waals surface area contributed by atoms with Crippen molar-refractivity contribution in [2.45, 2.75) is 6.54 Å².